The number of ketones is 4. The van der Waals surface area contributed by atoms with Crippen LogP contribution in [0.3, 0.4) is 0 Å². The van der Waals surface area contributed by atoms with Gasteiger partial charge in [-0.05, 0) is 85.7 Å². The van der Waals surface area contributed by atoms with Gasteiger partial charge in [0.05, 0.1) is 43.6 Å². The molecule has 0 radical (unpaired) electrons. The minimum atomic E-state index is -4.16. The molecule has 0 bridgehead atoms. The van der Waals surface area contributed by atoms with Crippen molar-refractivity contribution in [2.24, 2.45) is 0 Å². The van der Waals surface area contributed by atoms with Crippen LogP contribution in [-0.2, 0) is 19.7 Å². The fraction of sp³-hybridized carbons (Fsp3) is 0.632. The van der Waals surface area contributed by atoms with Gasteiger partial charge < -0.3 is 20.4 Å². The zero-order valence-corrected chi connectivity index (χ0v) is 59.7. The summed E-state index contributed by atoms with van der Waals surface area (Å²) in [6, 6.07) is 10.5. The molecule has 16 heteroatoms. The number of hydrogen-bond donors (Lipinski definition) is 4. The Morgan fingerprint density at radius 2 is 0.478 bits per heavy atom. The summed E-state index contributed by atoms with van der Waals surface area (Å²) in [5.74, 6) is -2.67. The van der Waals surface area contributed by atoms with Crippen LogP contribution in [0, 0.1) is 0 Å². The summed E-state index contributed by atoms with van der Waals surface area (Å²) in [6.45, 7) is 8.88. The van der Waals surface area contributed by atoms with E-state index in [1.807, 2.05) is 12.1 Å². The van der Waals surface area contributed by atoms with E-state index in [9.17, 15) is 56.4 Å². The fourth-order valence-corrected chi connectivity index (χ4v) is 18.5. The summed E-state index contributed by atoms with van der Waals surface area (Å²) in [6.07, 6.45) is 46.1. The van der Waals surface area contributed by atoms with E-state index in [1.54, 1.807) is 23.5 Å². The first kappa shape index (κ1) is 78.1. The van der Waals surface area contributed by atoms with Crippen molar-refractivity contribution < 1.29 is 56.4 Å². The smallest absolute Gasteiger partial charge is 0.198 e. The summed E-state index contributed by atoms with van der Waals surface area (Å²) >= 11 is 3.55. The van der Waals surface area contributed by atoms with Crippen molar-refractivity contribution in [1.82, 2.24) is 0 Å². The standard InChI is InChI=1S/C38H56O8S2.C38H56O4S2/c1-3-5-7-9-11-13-15-17-19-21-25-47(43,44)33-27-29-30(38(42)36-32(40)24-23-31(39)35(36)37(29)41)28-34(33)48(45,46)26-22-20-18-16-14-12-10-8-6-4-2;1-3-5-7-9-11-13-15-17-19-21-25-43-33-27-29-30(38(42)36-32(40)24-23-31(39)35(36)37(29)41)28-34(33)44-26-22-20-18-16-14-12-10-8-6-4-2/h23-24,27-28,39-40H,3-22,25-26H2,1-2H3;23-24,27-28,39-40H,3-22,25-26H2,1-2H3. The molecule has 0 amide bonds. The Morgan fingerprint density at radius 1 is 0.283 bits per heavy atom. The summed E-state index contributed by atoms with van der Waals surface area (Å²) in [5, 5.41) is 41.6. The number of rotatable bonds is 48. The summed E-state index contributed by atoms with van der Waals surface area (Å²) in [4.78, 5) is 55.1. The van der Waals surface area contributed by atoms with Crippen molar-refractivity contribution in [3.63, 3.8) is 0 Å². The van der Waals surface area contributed by atoms with Crippen LogP contribution in [-0.4, -0.2) is 83.4 Å². The molecule has 6 rings (SSSR count). The zero-order valence-electron chi connectivity index (χ0n) is 56.4. The molecule has 4 N–H and O–H groups in total. The lowest BCUT2D eigenvalue weighted by atomic mass is 9.83. The number of phenolic OH excluding ortho intramolecular Hbond substituents is 4. The molecular formula is C76H112O12S4. The lowest BCUT2D eigenvalue weighted by Crippen LogP contribution is -2.24. The average Bonchev–Trinajstić information content (AvgIpc) is 0.741. The number of unbranched alkanes of at least 4 members (excludes halogenated alkanes) is 36. The molecule has 2 aliphatic rings. The largest absolute Gasteiger partial charge is 0.507 e. The molecular weight excluding hydrogens is 1230 g/mol. The summed E-state index contributed by atoms with van der Waals surface area (Å²) in [5.41, 5.74) is -0.953. The molecule has 0 saturated carbocycles. The summed E-state index contributed by atoms with van der Waals surface area (Å²) in [7, 11) is -8.32. The molecule has 12 nitrogen and oxygen atoms in total. The van der Waals surface area contributed by atoms with Crippen LogP contribution in [0.2, 0.25) is 0 Å². The van der Waals surface area contributed by atoms with Crippen molar-refractivity contribution in [3.05, 3.63) is 93.0 Å². The minimum absolute atomic E-state index is 0.0843. The number of carbonyl (C=O) groups excluding carboxylic acids is 4. The number of thioether (sulfide) groups is 2. The van der Waals surface area contributed by atoms with E-state index < -0.39 is 75.2 Å². The molecule has 512 valence electrons. The number of sulfone groups is 2. The second-order valence-electron chi connectivity index (χ2n) is 25.8. The monoisotopic (exact) mass is 1340 g/mol. The Hall–Kier alpha value is -4.64. The van der Waals surface area contributed by atoms with Gasteiger partial charge in [0, 0.05) is 32.0 Å². The van der Waals surface area contributed by atoms with E-state index in [0.29, 0.717) is 36.8 Å². The lowest BCUT2D eigenvalue weighted by molar-refractivity contribution is 0.0973. The highest BCUT2D eigenvalue weighted by atomic mass is 32.2. The van der Waals surface area contributed by atoms with Gasteiger partial charge in [-0.15, -0.1) is 23.5 Å². The number of carbonyl (C=O) groups is 4. The molecule has 0 heterocycles. The Morgan fingerprint density at radius 3 is 0.707 bits per heavy atom. The van der Waals surface area contributed by atoms with Gasteiger partial charge in [0.15, 0.2) is 42.8 Å². The fourth-order valence-electron chi connectivity index (χ4n) is 12.5. The Bertz CT molecular complexity index is 2980. The topological polar surface area (TPSA) is 217 Å². The van der Waals surface area contributed by atoms with E-state index in [-0.39, 0.29) is 45.3 Å². The quantitative estimate of drug-likeness (QED) is 0.0159. The Balaban J connectivity index is 0.000000335. The number of aromatic hydroxyl groups is 4. The van der Waals surface area contributed by atoms with E-state index in [4.69, 9.17) is 0 Å². The first-order chi connectivity index (χ1) is 44.4. The Kier molecular flexibility index (Phi) is 36.3. The van der Waals surface area contributed by atoms with Gasteiger partial charge in [0.2, 0.25) is 0 Å². The molecule has 92 heavy (non-hydrogen) atoms. The molecule has 0 unspecified atom stereocenters. The third-order valence-corrected chi connectivity index (χ3v) is 24.3. The lowest BCUT2D eigenvalue weighted by Gasteiger charge is -2.22. The second kappa shape index (κ2) is 42.7. The van der Waals surface area contributed by atoms with Gasteiger partial charge in [-0.3, -0.25) is 19.2 Å². The van der Waals surface area contributed by atoms with Crippen LogP contribution in [0.25, 0.3) is 0 Å². The molecule has 4 aromatic carbocycles. The molecule has 0 fully saturated rings. The van der Waals surface area contributed by atoms with Gasteiger partial charge in [-0.25, -0.2) is 16.8 Å². The zero-order chi connectivity index (χ0) is 66.7. The van der Waals surface area contributed by atoms with Crippen LogP contribution in [0.5, 0.6) is 23.0 Å². The van der Waals surface area contributed by atoms with Crippen LogP contribution >= 0.6 is 23.5 Å². The third kappa shape index (κ3) is 24.5. The van der Waals surface area contributed by atoms with Crippen molar-refractivity contribution in [2.75, 3.05) is 23.0 Å². The third-order valence-electron chi connectivity index (χ3n) is 18.1. The van der Waals surface area contributed by atoms with Crippen LogP contribution < -0.4 is 0 Å². The minimum Gasteiger partial charge on any atom is -0.507 e. The number of phenols is 4. The van der Waals surface area contributed by atoms with Gasteiger partial charge in [0.1, 0.15) is 23.0 Å². The maximum absolute atomic E-state index is 13.8. The summed E-state index contributed by atoms with van der Waals surface area (Å²) < 4.78 is 55.1. The first-order valence-corrected chi connectivity index (χ1v) is 41.1. The molecule has 0 saturated heterocycles. The molecule has 4 aromatic rings. The molecule has 0 aromatic heterocycles. The van der Waals surface area contributed by atoms with E-state index in [2.05, 4.69) is 27.7 Å². The Labute approximate surface area is 562 Å². The van der Waals surface area contributed by atoms with E-state index in [0.717, 1.165) is 110 Å². The highest BCUT2D eigenvalue weighted by Gasteiger charge is 2.39. The maximum atomic E-state index is 13.8. The van der Waals surface area contributed by atoms with Crippen LogP contribution in [0.1, 0.15) is 348 Å². The molecule has 0 spiro atoms. The van der Waals surface area contributed by atoms with Gasteiger partial charge >= 0.3 is 0 Å². The van der Waals surface area contributed by atoms with Gasteiger partial charge in [0.25, 0.3) is 0 Å². The van der Waals surface area contributed by atoms with Crippen molar-refractivity contribution in [3.8, 4) is 23.0 Å². The first-order valence-electron chi connectivity index (χ1n) is 35.8. The van der Waals surface area contributed by atoms with Gasteiger partial charge in [-0.2, -0.15) is 0 Å². The average molecular weight is 1350 g/mol. The van der Waals surface area contributed by atoms with E-state index >= 15 is 0 Å². The predicted molar refractivity (Wildman–Crippen MR) is 379 cm³/mol. The maximum Gasteiger partial charge on any atom is 0.198 e. The highest BCUT2D eigenvalue weighted by molar-refractivity contribution is 8.02. The van der Waals surface area contributed by atoms with E-state index in [1.165, 1.54) is 179 Å². The van der Waals surface area contributed by atoms with Crippen molar-refractivity contribution in [1.29, 1.82) is 0 Å². The normalized spacial score (nSPS) is 12.8. The molecule has 0 aliphatic heterocycles. The highest BCUT2D eigenvalue weighted by Crippen LogP contribution is 2.44. The number of benzene rings is 4. The predicted octanol–water partition coefficient (Wildman–Crippen LogP) is 21.2. The number of fused-ring (bicyclic) bond motifs is 4. The molecule has 2 aliphatic carbocycles. The number of hydrogen-bond acceptors (Lipinski definition) is 14. The second-order valence-corrected chi connectivity index (χ2v) is 32.2. The molecule has 0 atom stereocenters. The van der Waals surface area contributed by atoms with Crippen molar-refractivity contribution >= 4 is 66.3 Å². The SMILES string of the molecule is CCCCCCCCCCCCS(=O)(=O)c1cc2c(cc1S(=O)(=O)CCCCCCCCCCCC)C(=O)c1c(O)ccc(O)c1C2=O.CCCCCCCCCCCCSc1cc2c(cc1SCCCCCCCCCCCC)C(=O)c1c(O)ccc(O)c1C2=O. The van der Waals surface area contributed by atoms with Crippen LogP contribution in [0.4, 0.5) is 0 Å². The van der Waals surface area contributed by atoms with Crippen LogP contribution in [0.15, 0.2) is 68.1 Å². The van der Waals surface area contributed by atoms with Gasteiger partial charge in [-0.1, -0.05) is 259 Å². The van der Waals surface area contributed by atoms with Crippen molar-refractivity contribution in [2.45, 2.75) is 304 Å².